The summed E-state index contributed by atoms with van der Waals surface area (Å²) in [5, 5.41) is 24.5. The Kier molecular flexibility index (Phi) is 4.13. The summed E-state index contributed by atoms with van der Waals surface area (Å²) in [6.45, 7) is 0. The molecule has 0 aliphatic rings. The van der Waals surface area contributed by atoms with Gasteiger partial charge in [-0.25, -0.2) is 9.89 Å². The molecule has 0 fully saturated rings. The molecule has 0 spiro atoms. The smallest absolute Gasteiger partial charge is 0.326 e. The highest BCUT2D eigenvalue weighted by Crippen LogP contribution is 1.96. The number of nitrogens with zero attached hydrogens (tertiary/aromatic N) is 1. The van der Waals surface area contributed by atoms with Crippen LogP contribution in [0.15, 0.2) is 16.9 Å². The lowest BCUT2D eigenvalue weighted by Gasteiger charge is -2.11. The molecule has 1 aromatic heterocycles. The largest absolute Gasteiger partial charge is 0.481 e. The lowest BCUT2D eigenvalue weighted by Crippen LogP contribution is -2.42. The monoisotopic (exact) mass is 255 g/mol. The molecular formula is C9H9N3O6. The van der Waals surface area contributed by atoms with Crippen molar-refractivity contribution in [2.75, 3.05) is 0 Å². The van der Waals surface area contributed by atoms with Crippen LogP contribution in [-0.4, -0.2) is 44.3 Å². The first-order valence-corrected chi connectivity index (χ1v) is 4.71. The second kappa shape index (κ2) is 5.57. The molecule has 0 saturated carbocycles. The first kappa shape index (κ1) is 13.4. The highest BCUT2D eigenvalue weighted by Gasteiger charge is 2.24. The minimum Gasteiger partial charge on any atom is -0.481 e. The van der Waals surface area contributed by atoms with Gasteiger partial charge in [-0.05, 0) is 6.07 Å². The van der Waals surface area contributed by atoms with Gasteiger partial charge in [0, 0.05) is 6.07 Å². The number of rotatable bonds is 5. The quantitative estimate of drug-likeness (QED) is 0.496. The number of nitrogens with one attached hydrogen (secondary N) is 2. The van der Waals surface area contributed by atoms with Crippen LogP contribution >= 0.6 is 0 Å². The molecule has 1 atom stereocenters. The van der Waals surface area contributed by atoms with Gasteiger partial charge in [0.2, 0.25) is 0 Å². The van der Waals surface area contributed by atoms with Crippen molar-refractivity contribution in [3.05, 3.63) is 28.2 Å². The summed E-state index contributed by atoms with van der Waals surface area (Å²) in [5.74, 6) is -3.73. The zero-order valence-corrected chi connectivity index (χ0v) is 8.91. The molecule has 1 aromatic rings. The molecule has 0 aromatic carbocycles. The van der Waals surface area contributed by atoms with Crippen molar-refractivity contribution in [3.8, 4) is 0 Å². The number of carboxylic acid groups (broad SMARTS) is 2. The molecule has 1 rings (SSSR count). The van der Waals surface area contributed by atoms with Crippen molar-refractivity contribution in [1.82, 2.24) is 15.5 Å². The average Bonchev–Trinajstić information content (AvgIpc) is 2.28. The van der Waals surface area contributed by atoms with Crippen molar-refractivity contribution < 1.29 is 24.6 Å². The van der Waals surface area contributed by atoms with E-state index in [1.807, 2.05) is 10.4 Å². The summed E-state index contributed by atoms with van der Waals surface area (Å²) in [6, 6.07) is 0.562. The van der Waals surface area contributed by atoms with E-state index in [2.05, 4.69) is 5.10 Å². The number of aromatic amines is 1. The van der Waals surface area contributed by atoms with Crippen molar-refractivity contribution >= 4 is 17.8 Å². The lowest BCUT2D eigenvalue weighted by molar-refractivity contribution is -0.145. The summed E-state index contributed by atoms with van der Waals surface area (Å²) < 4.78 is 0. The number of aromatic nitrogens is 2. The van der Waals surface area contributed by atoms with E-state index in [1.54, 1.807) is 0 Å². The maximum atomic E-state index is 11.5. The number of aliphatic carboxylic acids is 2. The van der Waals surface area contributed by atoms with Gasteiger partial charge >= 0.3 is 11.9 Å². The maximum absolute atomic E-state index is 11.5. The van der Waals surface area contributed by atoms with Gasteiger partial charge in [-0.2, -0.15) is 5.10 Å². The van der Waals surface area contributed by atoms with Crippen LogP contribution in [0.4, 0.5) is 0 Å². The molecule has 1 amide bonds. The summed E-state index contributed by atoms with van der Waals surface area (Å²) >= 11 is 0. The third-order valence-corrected chi connectivity index (χ3v) is 1.89. The fourth-order valence-electron chi connectivity index (χ4n) is 1.08. The van der Waals surface area contributed by atoms with Crippen LogP contribution in [-0.2, 0) is 9.59 Å². The second-order valence-electron chi connectivity index (χ2n) is 3.27. The summed E-state index contributed by atoms with van der Waals surface area (Å²) in [5.41, 5.74) is -0.738. The van der Waals surface area contributed by atoms with Gasteiger partial charge in [0.25, 0.3) is 11.5 Å². The Bertz CT molecular complexity index is 517. The van der Waals surface area contributed by atoms with Crippen LogP contribution in [0.2, 0.25) is 0 Å². The van der Waals surface area contributed by atoms with Crippen LogP contribution in [0.5, 0.6) is 0 Å². The van der Waals surface area contributed by atoms with E-state index >= 15 is 0 Å². The summed E-state index contributed by atoms with van der Waals surface area (Å²) in [4.78, 5) is 43.3. The minimum absolute atomic E-state index is 0.216. The van der Waals surface area contributed by atoms with Crippen molar-refractivity contribution in [2.45, 2.75) is 12.5 Å². The SMILES string of the molecule is O=C(O)C[C@@H](NC(=O)c1ccc(=O)[nH]n1)C(=O)O. The first-order valence-electron chi connectivity index (χ1n) is 4.71. The number of hydrogen-bond acceptors (Lipinski definition) is 5. The van der Waals surface area contributed by atoms with Gasteiger partial charge < -0.3 is 15.5 Å². The van der Waals surface area contributed by atoms with Crippen LogP contribution in [0.3, 0.4) is 0 Å². The van der Waals surface area contributed by atoms with E-state index in [-0.39, 0.29) is 5.69 Å². The predicted octanol–water partition coefficient (Wildman–Crippen LogP) is -1.57. The third-order valence-electron chi connectivity index (χ3n) is 1.89. The number of H-pyrrole nitrogens is 1. The van der Waals surface area contributed by atoms with Gasteiger partial charge in [-0.3, -0.25) is 14.4 Å². The van der Waals surface area contributed by atoms with E-state index < -0.39 is 35.9 Å². The zero-order valence-electron chi connectivity index (χ0n) is 8.91. The summed E-state index contributed by atoms with van der Waals surface area (Å²) in [6.07, 6.45) is -0.759. The Morgan fingerprint density at radius 1 is 1.33 bits per heavy atom. The van der Waals surface area contributed by atoms with Crippen molar-refractivity contribution in [3.63, 3.8) is 0 Å². The normalized spacial score (nSPS) is 11.6. The molecule has 9 nitrogen and oxygen atoms in total. The molecule has 0 aliphatic heterocycles. The van der Waals surface area contributed by atoms with E-state index in [0.29, 0.717) is 0 Å². The minimum atomic E-state index is -1.57. The molecule has 18 heavy (non-hydrogen) atoms. The van der Waals surface area contributed by atoms with Crippen molar-refractivity contribution in [1.29, 1.82) is 0 Å². The molecular weight excluding hydrogens is 246 g/mol. The van der Waals surface area contributed by atoms with Gasteiger partial charge in [0.05, 0.1) is 6.42 Å². The zero-order chi connectivity index (χ0) is 13.7. The lowest BCUT2D eigenvalue weighted by atomic mass is 10.2. The number of amides is 1. The van der Waals surface area contributed by atoms with Gasteiger partial charge in [-0.15, -0.1) is 0 Å². The van der Waals surface area contributed by atoms with Crippen LogP contribution in [0.1, 0.15) is 16.9 Å². The average molecular weight is 255 g/mol. The standard InChI is InChI=1S/C9H9N3O6/c13-6-2-1-4(11-12-6)8(16)10-5(9(17)18)3-7(14)15/h1-2,5H,3H2,(H,10,16)(H,12,13)(H,14,15)(H,17,18)/t5-/m1/s1. The van der Waals surface area contributed by atoms with Crippen LogP contribution < -0.4 is 10.9 Å². The van der Waals surface area contributed by atoms with Gasteiger partial charge in [0.1, 0.15) is 11.7 Å². The van der Waals surface area contributed by atoms with E-state index in [1.165, 1.54) is 0 Å². The molecule has 96 valence electrons. The number of carboxylic acids is 2. The van der Waals surface area contributed by atoms with E-state index in [4.69, 9.17) is 10.2 Å². The van der Waals surface area contributed by atoms with Crippen LogP contribution in [0, 0.1) is 0 Å². The van der Waals surface area contributed by atoms with E-state index in [9.17, 15) is 19.2 Å². The fourth-order valence-corrected chi connectivity index (χ4v) is 1.08. The Labute approximate surface area is 99.4 Å². The Hall–Kier alpha value is -2.71. The van der Waals surface area contributed by atoms with Gasteiger partial charge in [0.15, 0.2) is 0 Å². The molecule has 0 bridgehead atoms. The molecule has 4 N–H and O–H groups in total. The second-order valence-corrected chi connectivity index (χ2v) is 3.27. The molecule has 0 radical (unpaired) electrons. The number of hydrogen-bond donors (Lipinski definition) is 4. The highest BCUT2D eigenvalue weighted by molar-refractivity contribution is 5.95. The molecule has 0 saturated heterocycles. The Morgan fingerprint density at radius 2 is 2.00 bits per heavy atom. The van der Waals surface area contributed by atoms with Crippen LogP contribution in [0.25, 0.3) is 0 Å². The number of carbonyl (C=O) groups excluding carboxylic acids is 1. The van der Waals surface area contributed by atoms with Gasteiger partial charge in [-0.1, -0.05) is 0 Å². The Morgan fingerprint density at radius 3 is 2.44 bits per heavy atom. The molecule has 0 aliphatic carbocycles. The molecule has 1 heterocycles. The number of carbonyl (C=O) groups is 3. The van der Waals surface area contributed by atoms with Crippen molar-refractivity contribution in [2.24, 2.45) is 0 Å². The first-order chi connectivity index (χ1) is 8.40. The summed E-state index contributed by atoms with van der Waals surface area (Å²) in [7, 11) is 0. The van der Waals surface area contributed by atoms with E-state index in [0.717, 1.165) is 12.1 Å². The Balaban J connectivity index is 2.78. The topological polar surface area (TPSA) is 149 Å². The molecule has 9 heteroatoms. The highest BCUT2D eigenvalue weighted by atomic mass is 16.4. The molecule has 0 unspecified atom stereocenters. The third kappa shape index (κ3) is 3.70. The fraction of sp³-hybridized carbons (Fsp3) is 0.222. The maximum Gasteiger partial charge on any atom is 0.326 e. The predicted molar refractivity (Wildman–Crippen MR) is 56.0 cm³/mol.